The minimum Gasteiger partial charge on any atom is -0.491 e. The number of aromatic nitrogens is 2. The maximum atomic E-state index is 6.19. The standard InChI is InChI=1S/C25H26N2O/c1-18(2)21-11-4-7-14-24(21)28-16-15-27-23-13-6-5-12-22(23)26-25(27)20-10-8-9-19(3)17-20/h4-14,17-18H,15-16H2,1-3H3. The lowest BCUT2D eigenvalue weighted by atomic mass is 10.0. The molecule has 1 aromatic heterocycles. The molecule has 4 aromatic rings. The second-order valence-corrected chi connectivity index (χ2v) is 7.49. The van der Waals surface area contributed by atoms with Crippen LogP contribution in [0.15, 0.2) is 72.8 Å². The molecule has 0 aliphatic heterocycles. The minimum atomic E-state index is 0.438. The molecule has 142 valence electrons. The molecule has 0 aliphatic rings. The van der Waals surface area contributed by atoms with Gasteiger partial charge in [0.2, 0.25) is 0 Å². The molecule has 0 unspecified atom stereocenters. The number of para-hydroxylation sites is 3. The Bertz CT molecular complexity index is 1090. The van der Waals surface area contributed by atoms with Gasteiger partial charge < -0.3 is 9.30 Å². The molecule has 4 rings (SSSR count). The van der Waals surface area contributed by atoms with Gasteiger partial charge in [0.15, 0.2) is 0 Å². The Kier molecular flexibility index (Phi) is 5.16. The van der Waals surface area contributed by atoms with E-state index in [0.29, 0.717) is 12.5 Å². The van der Waals surface area contributed by atoms with Gasteiger partial charge in [0.25, 0.3) is 0 Å². The lowest BCUT2D eigenvalue weighted by Gasteiger charge is -2.15. The van der Waals surface area contributed by atoms with Crippen LogP contribution in [-0.2, 0) is 6.54 Å². The van der Waals surface area contributed by atoms with Gasteiger partial charge in [0, 0.05) is 5.56 Å². The third-order valence-electron chi connectivity index (χ3n) is 5.04. The number of hydrogen-bond donors (Lipinski definition) is 0. The molecular weight excluding hydrogens is 344 g/mol. The summed E-state index contributed by atoms with van der Waals surface area (Å²) in [5.74, 6) is 2.40. The van der Waals surface area contributed by atoms with Gasteiger partial charge in [-0.1, -0.05) is 67.9 Å². The Hall–Kier alpha value is -3.07. The highest BCUT2D eigenvalue weighted by Crippen LogP contribution is 2.27. The average Bonchev–Trinajstić information content (AvgIpc) is 3.07. The number of fused-ring (bicyclic) bond motifs is 1. The lowest BCUT2D eigenvalue weighted by Crippen LogP contribution is -2.10. The molecule has 3 heteroatoms. The second kappa shape index (κ2) is 7.89. The van der Waals surface area contributed by atoms with Crippen LogP contribution in [0.25, 0.3) is 22.4 Å². The number of ether oxygens (including phenoxy) is 1. The molecule has 3 aromatic carbocycles. The zero-order valence-electron chi connectivity index (χ0n) is 16.7. The zero-order valence-corrected chi connectivity index (χ0v) is 16.7. The number of nitrogens with zero attached hydrogens (tertiary/aromatic N) is 2. The summed E-state index contributed by atoms with van der Waals surface area (Å²) in [7, 11) is 0. The maximum Gasteiger partial charge on any atom is 0.141 e. The summed E-state index contributed by atoms with van der Waals surface area (Å²) < 4.78 is 8.45. The third-order valence-corrected chi connectivity index (χ3v) is 5.04. The monoisotopic (exact) mass is 370 g/mol. The molecule has 28 heavy (non-hydrogen) atoms. The molecule has 0 saturated heterocycles. The molecular formula is C25H26N2O. The van der Waals surface area contributed by atoms with Crippen LogP contribution in [0.5, 0.6) is 5.75 Å². The molecule has 1 heterocycles. The van der Waals surface area contributed by atoms with Crippen LogP contribution in [0.4, 0.5) is 0 Å². The first-order valence-electron chi connectivity index (χ1n) is 9.87. The summed E-state index contributed by atoms with van der Waals surface area (Å²) in [6.45, 7) is 7.85. The summed E-state index contributed by atoms with van der Waals surface area (Å²) in [6.07, 6.45) is 0. The fourth-order valence-electron chi connectivity index (χ4n) is 3.64. The van der Waals surface area contributed by atoms with Crippen molar-refractivity contribution in [3.63, 3.8) is 0 Å². The first-order chi connectivity index (χ1) is 13.6. The smallest absolute Gasteiger partial charge is 0.141 e. The first kappa shape index (κ1) is 18.3. The predicted molar refractivity (Wildman–Crippen MR) is 116 cm³/mol. The molecule has 0 atom stereocenters. The highest BCUT2D eigenvalue weighted by molar-refractivity contribution is 5.80. The third kappa shape index (κ3) is 3.65. The molecule has 0 spiro atoms. The topological polar surface area (TPSA) is 27.1 Å². The number of rotatable bonds is 6. The Balaban J connectivity index is 1.64. The van der Waals surface area contributed by atoms with Crippen LogP contribution >= 0.6 is 0 Å². The zero-order chi connectivity index (χ0) is 19.5. The van der Waals surface area contributed by atoms with E-state index in [0.717, 1.165) is 34.7 Å². The Morgan fingerprint density at radius 3 is 2.54 bits per heavy atom. The van der Waals surface area contributed by atoms with Crippen molar-refractivity contribution in [3.05, 3.63) is 83.9 Å². The molecule has 0 N–H and O–H groups in total. The molecule has 0 aliphatic carbocycles. The summed E-state index contributed by atoms with van der Waals surface area (Å²) in [6, 6.07) is 25.1. The van der Waals surface area contributed by atoms with Crippen LogP contribution in [0.1, 0.15) is 30.9 Å². The first-order valence-corrected chi connectivity index (χ1v) is 9.87. The van der Waals surface area contributed by atoms with Gasteiger partial charge in [0.1, 0.15) is 18.2 Å². The average molecular weight is 370 g/mol. The van der Waals surface area contributed by atoms with Crippen molar-refractivity contribution in [1.82, 2.24) is 9.55 Å². The minimum absolute atomic E-state index is 0.438. The van der Waals surface area contributed by atoms with Crippen molar-refractivity contribution < 1.29 is 4.74 Å². The van der Waals surface area contributed by atoms with E-state index in [4.69, 9.17) is 9.72 Å². The fraction of sp³-hybridized carbons (Fsp3) is 0.240. The van der Waals surface area contributed by atoms with Gasteiger partial charge in [-0.3, -0.25) is 0 Å². The summed E-state index contributed by atoms with van der Waals surface area (Å²) in [5, 5.41) is 0. The van der Waals surface area contributed by atoms with Gasteiger partial charge in [-0.05, 0) is 42.7 Å². The Morgan fingerprint density at radius 1 is 0.929 bits per heavy atom. The van der Waals surface area contributed by atoms with Gasteiger partial charge >= 0.3 is 0 Å². The van der Waals surface area contributed by atoms with Crippen LogP contribution in [-0.4, -0.2) is 16.2 Å². The number of imidazole rings is 1. The molecule has 3 nitrogen and oxygen atoms in total. The Morgan fingerprint density at radius 2 is 1.71 bits per heavy atom. The molecule has 0 fully saturated rings. The van der Waals surface area contributed by atoms with Crippen LogP contribution in [0.3, 0.4) is 0 Å². The van der Waals surface area contributed by atoms with E-state index in [1.54, 1.807) is 0 Å². The molecule has 0 bridgehead atoms. The van der Waals surface area contributed by atoms with Crippen LogP contribution < -0.4 is 4.74 Å². The van der Waals surface area contributed by atoms with E-state index < -0.39 is 0 Å². The molecule has 0 radical (unpaired) electrons. The summed E-state index contributed by atoms with van der Waals surface area (Å²) >= 11 is 0. The predicted octanol–water partition coefficient (Wildman–Crippen LogP) is 6.21. The SMILES string of the molecule is Cc1cccc(-c2nc3ccccc3n2CCOc2ccccc2C(C)C)c1. The van der Waals surface area contributed by atoms with Crippen molar-refractivity contribution in [2.75, 3.05) is 6.61 Å². The summed E-state index contributed by atoms with van der Waals surface area (Å²) in [5.41, 5.74) is 5.77. The van der Waals surface area contributed by atoms with Gasteiger partial charge in [-0.2, -0.15) is 0 Å². The van der Waals surface area contributed by atoms with Crippen molar-refractivity contribution in [2.45, 2.75) is 33.2 Å². The number of benzene rings is 3. The summed E-state index contributed by atoms with van der Waals surface area (Å²) in [4.78, 5) is 4.90. The van der Waals surface area contributed by atoms with Crippen molar-refractivity contribution in [3.8, 4) is 17.1 Å². The second-order valence-electron chi connectivity index (χ2n) is 7.49. The molecule has 0 amide bonds. The number of hydrogen-bond acceptors (Lipinski definition) is 2. The van der Waals surface area contributed by atoms with E-state index in [1.165, 1.54) is 11.1 Å². The lowest BCUT2D eigenvalue weighted by molar-refractivity contribution is 0.297. The largest absolute Gasteiger partial charge is 0.491 e. The van der Waals surface area contributed by atoms with Gasteiger partial charge in [0.05, 0.1) is 17.6 Å². The van der Waals surface area contributed by atoms with E-state index in [9.17, 15) is 0 Å². The van der Waals surface area contributed by atoms with Crippen molar-refractivity contribution in [2.24, 2.45) is 0 Å². The normalized spacial score (nSPS) is 11.3. The maximum absolute atomic E-state index is 6.19. The quantitative estimate of drug-likeness (QED) is 0.403. The van der Waals surface area contributed by atoms with Crippen molar-refractivity contribution in [1.29, 1.82) is 0 Å². The van der Waals surface area contributed by atoms with Crippen LogP contribution in [0, 0.1) is 6.92 Å². The van der Waals surface area contributed by atoms with E-state index in [-0.39, 0.29) is 0 Å². The van der Waals surface area contributed by atoms with Gasteiger partial charge in [-0.25, -0.2) is 4.98 Å². The van der Waals surface area contributed by atoms with E-state index >= 15 is 0 Å². The van der Waals surface area contributed by atoms with E-state index in [2.05, 4.69) is 86.0 Å². The van der Waals surface area contributed by atoms with E-state index in [1.807, 2.05) is 12.1 Å². The van der Waals surface area contributed by atoms with Crippen molar-refractivity contribution >= 4 is 11.0 Å². The Labute approximate surface area is 166 Å². The van der Waals surface area contributed by atoms with Crippen LogP contribution in [0.2, 0.25) is 0 Å². The van der Waals surface area contributed by atoms with Gasteiger partial charge in [-0.15, -0.1) is 0 Å². The highest BCUT2D eigenvalue weighted by atomic mass is 16.5. The molecule has 0 saturated carbocycles. The number of aryl methyl sites for hydroxylation is 1. The fourth-order valence-corrected chi connectivity index (χ4v) is 3.64. The highest BCUT2D eigenvalue weighted by Gasteiger charge is 2.13.